The second kappa shape index (κ2) is 5.59. The first-order valence-electron chi connectivity index (χ1n) is 5.78. The van der Waals surface area contributed by atoms with Crippen LogP contribution in [0.1, 0.15) is 30.1 Å². The Kier molecular flexibility index (Phi) is 4.09. The molecular formula is C14H15BrO3. The van der Waals surface area contributed by atoms with Crippen LogP contribution in [-0.2, 0) is 0 Å². The third-order valence-corrected chi connectivity index (χ3v) is 3.22. The molecule has 96 valence electrons. The number of hydrogen-bond donors (Lipinski definition) is 1. The summed E-state index contributed by atoms with van der Waals surface area (Å²) in [6.07, 6.45) is -0.759. The molecule has 4 heteroatoms. The molecule has 0 spiro atoms. The summed E-state index contributed by atoms with van der Waals surface area (Å²) in [6.45, 7) is 4.39. The fourth-order valence-electron chi connectivity index (χ4n) is 1.72. The van der Waals surface area contributed by atoms with Crippen molar-refractivity contribution >= 4 is 15.9 Å². The van der Waals surface area contributed by atoms with Crippen LogP contribution in [0.4, 0.5) is 0 Å². The highest BCUT2D eigenvalue weighted by Crippen LogP contribution is 2.31. The zero-order valence-electron chi connectivity index (χ0n) is 10.3. The molecule has 2 aromatic rings. The maximum Gasteiger partial charge on any atom is 0.137 e. The van der Waals surface area contributed by atoms with Crippen molar-refractivity contribution in [3.05, 3.63) is 51.9 Å². The molecule has 1 aromatic carbocycles. The molecule has 2 rings (SSSR count). The number of hydrogen-bond acceptors (Lipinski definition) is 3. The lowest BCUT2D eigenvalue weighted by Crippen LogP contribution is -1.99. The van der Waals surface area contributed by atoms with E-state index in [4.69, 9.17) is 9.15 Å². The minimum absolute atomic E-state index is 0.545. The second-order valence-electron chi connectivity index (χ2n) is 3.97. The topological polar surface area (TPSA) is 42.6 Å². The van der Waals surface area contributed by atoms with Crippen LogP contribution in [0, 0.1) is 6.92 Å². The zero-order valence-corrected chi connectivity index (χ0v) is 11.9. The number of aliphatic hydroxyl groups is 1. The van der Waals surface area contributed by atoms with Crippen LogP contribution in [0.15, 0.2) is 39.2 Å². The molecule has 0 saturated heterocycles. The van der Waals surface area contributed by atoms with E-state index in [1.165, 1.54) is 0 Å². The van der Waals surface area contributed by atoms with Crippen LogP contribution in [0.3, 0.4) is 0 Å². The van der Waals surface area contributed by atoms with Gasteiger partial charge in [0.1, 0.15) is 23.4 Å². The monoisotopic (exact) mass is 310 g/mol. The van der Waals surface area contributed by atoms with Gasteiger partial charge in [-0.1, -0.05) is 6.07 Å². The molecule has 3 nitrogen and oxygen atoms in total. The second-order valence-corrected chi connectivity index (χ2v) is 4.83. The maximum absolute atomic E-state index is 10.2. The Labute approximate surface area is 115 Å². The van der Waals surface area contributed by atoms with Gasteiger partial charge in [-0.3, -0.25) is 0 Å². The van der Waals surface area contributed by atoms with Crippen LogP contribution >= 0.6 is 15.9 Å². The maximum atomic E-state index is 10.2. The van der Waals surface area contributed by atoms with E-state index in [-0.39, 0.29) is 0 Å². The summed E-state index contributed by atoms with van der Waals surface area (Å²) in [7, 11) is 0. The van der Waals surface area contributed by atoms with Crippen molar-refractivity contribution in [2.45, 2.75) is 20.0 Å². The predicted molar refractivity (Wildman–Crippen MR) is 72.8 cm³/mol. The van der Waals surface area contributed by atoms with Gasteiger partial charge in [0.05, 0.1) is 11.1 Å². The number of aliphatic hydroxyl groups excluding tert-OH is 1. The Bertz CT molecular complexity index is 534. The summed E-state index contributed by atoms with van der Waals surface area (Å²) in [4.78, 5) is 0. The van der Waals surface area contributed by atoms with Gasteiger partial charge in [0.25, 0.3) is 0 Å². The van der Waals surface area contributed by atoms with Crippen LogP contribution < -0.4 is 4.74 Å². The number of benzene rings is 1. The molecular weight excluding hydrogens is 296 g/mol. The third-order valence-electron chi connectivity index (χ3n) is 2.60. The number of halogens is 1. The van der Waals surface area contributed by atoms with E-state index in [2.05, 4.69) is 15.9 Å². The molecule has 1 heterocycles. The Morgan fingerprint density at radius 3 is 2.67 bits per heavy atom. The molecule has 0 radical (unpaired) electrons. The predicted octanol–water partition coefficient (Wildman–Crippen LogP) is 3.83. The van der Waals surface area contributed by atoms with E-state index in [1.54, 1.807) is 6.07 Å². The molecule has 18 heavy (non-hydrogen) atoms. The van der Waals surface area contributed by atoms with Crippen molar-refractivity contribution in [2.24, 2.45) is 0 Å². The van der Waals surface area contributed by atoms with E-state index < -0.39 is 6.10 Å². The van der Waals surface area contributed by atoms with Crippen molar-refractivity contribution in [1.29, 1.82) is 0 Å². The van der Waals surface area contributed by atoms with Gasteiger partial charge < -0.3 is 14.3 Å². The van der Waals surface area contributed by atoms with Crippen LogP contribution in [0.2, 0.25) is 0 Å². The SMILES string of the molecule is CCOc1ccc(C(O)c2ccc(C)o2)cc1Br. The lowest BCUT2D eigenvalue weighted by atomic mass is 10.1. The fourth-order valence-corrected chi connectivity index (χ4v) is 2.24. The number of ether oxygens (including phenoxy) is 1. The molecule has 0 aliphatic rings. The van der Waals surface area contributed by atoms with Gasteiger partial charge in [0, 0.05) is 0 Å². The Balaban J connectivity index is 2.26. The molecule has 1 atom stereocenters. The first-order valence-corrected chi connectivity index (χ1v) is 6.57. The molecule has 0 fully saturated rings. The number of furan rings is 1. The van der Waals surface area contributed by atoms with E-state index in [9.17, 15) is 5.11 Å². The highest BCUT2D eigenvalue weighted by atomic mass is 79.9. The van der Waals surface area contributed by atoms with Crippen LogP contribution in [0.25, 0.3) is 0 Å². The average Bonchev–Trinajstić information content (AvgIpc) is 2.78. The molecule has 1 unspecified atom stereocenters. The van der Waals surface area contributed by atoms with Gasteiger partial charge in [-0.25, -0.2) is 0 Å². The fraction of sp³-hybridized carbons (Fsp3) is 0.286. The van der Waals surface area contributed by atoms with Crippen molar-refractivity contribution in [3.8, 4) is 5.75 Å². The van der Waals surface area contributed by atoms with Gasteiger partial charge in [0.2, 0.25) is 0 Å². The van der Waals surface area contributed by atoms with E-state index in [0.717, 1.165) is 21.5 Å². The van der Waals surface area contributed by atoms with Gasteiger partial charge in [0.15, 0.2) is 0 Å². The van der Waals surface area contributed by atoms with E-state index in [1.807, 2.05) is 38.1 Å². The Hall–Kier alpha value is -1.26. The standard InChI is InChI=1S/C14H15BrO3/c1-3-17-12-7-5-10(8-11(12)15)14(16)13-6-4-9(2)18-13/h4-8,14,16H,3H2,1-2H3. The Morgan fingerprint density at radius 1 is 1.33 bits per heavy atom. The largest absolute Gasteiger partial charge is 0.493 e. The van der Waals surface area contributed by atoms with Gasteiger partial charge >= 0.3 is 0 Å². The quantitative estimate of drug-likeness (QED) is 0.933. The van der Waals surface area contributed by atoms with Gasteiger partial charge in [-0.15, -0.1) is 0 Å². The first kappa shape index (κ1) is 13.2. The summed E-state index contributed by atoms with van der Waals surface area (Å²) in [5, 5.41) is 10.2. The van der Waals surface area contributed by atoms with Crippen molar-refractivity contribution in [2.75, 3.05) is 6.61 Å². The van der Waals surface area contributed by atoms with E-state index >= 15 is 0 Å². The summed E-state index contributed by atoms with van der Waals surface area (Å²) in [5.41, 5.74) is 0.764. The molecule has 0 amide bonds. The lowest BCUT2D eigenvalue weighted by molar-refractivity contribution is 0.187. The van der Waals surface area contributed by atoms with Crippen molar-refractivity contribution in [1.82, 2.24) is 0 Å². The van der Waals surface area contributed by atoms with Crippen LogP contribution in [0.5, 0.6) is 5.75 Å². The summed E-state index contributed by atoms with van der Waals surface area (Å²) >= 11 is 3.43. The number of rotatable bonds is 4. The van der Waals surface area contributed by atoms with Crippen molar-refractivity contribution in [3.63, 3.8) is 0 Å². The summed E-state index contributed by atoms with van der Waals surface area (Å²) in [6, 6.07) is 9.13. The molecule has 0 aliphatic heterocycles. The molecule has 0 aliphatic carbocycles. The number of aryl methyl sites for hydroxylation is 1. The Morgan fingerprint density at radius 2 is 2.11 bits per heavy atom. The summed E-state index contributed by atoms with van der Waals surface area (Å²) in [5.74, 6) is 2.10. The zero-order chi connectivity index (χ0) is 13.1. The highest BCUT2D eigenvalue weighted by molar-refractivity contribution is 9.10. The normalized spacial score (nSPS) is 12.4. The molecule has 1 aromatic heterocycles. The minimum Gasteiger partial charge on any atom is -0.493 e. The summed E-state index contributed by atoms with van der Waals surface area (Å²) < 4.78 is 11.7. The molecule has 0 saturated carbocycles. The van der Waals surface area contributed by atoms with Crippen LogP contribution in [-0.4, -0.2) is 11.7 Å². The third kappa shape index (κ3) is 2.76. The lowest BCUT2D eigenvalue weighted by Gasteiger charge is -2.11. The molecule has 0 bridgehead atoms. The minimum atomic E-state index is -0.759. The molecule has 1 N–H and O–H groups in total. The van der Waals surface area contributed by atoms with Gasteiger partial charge in [-0.2, -0.15) is 0 Å². The van der Waals surface area contributed by atoms with E-state index in [0.29, 0.717) is 12.4 Å². The van der Waals surface area contributed by atoms with Crippen molar-refractivity contribution < 1.29 is 14.3 Å². The average molecular weight is 311 g/mol. The first-order chi connectivity index (χ1) is 8.61. The smallest absolute Gasteiger partial charge is 0.137 e. The van der Waals surface area contributed by atoms with Gasteiger partial charge in [-0.05, 0) is 59.6 Å². The highest BCUT2D eigenvalue weighted by Gasteiger charge is 2.15.